The molecule has 4 unspecified atom stereocenters. The Morgan fingerprint density at radius 3 is 2.28 bits per heavy atom. The van der Waals surface area contributed by atoms with Gasteiger partial charge in [-0.3, -0.25) is 0 Å². The first kappa shape index (κ1) is 32.1. The fourth-order valence-electron chi connectivity index (χ4n) is 5.50. The van der Waals surface area contributed by atoms with Crippen LogP contribution in [0.4, 0.5) is 0 Å². The molecule has 11 heteroatoms. The SMILES string of the molecule is CC1C(CSc2nncn2C)OC(c2ccc(-c3ccccc3CNS(=O)(=O)c3ccccc3)cc2)OC1c1ccc(CO)cc1. The summed E-state index contributed by atoms with van der Waals surface area (Å²) in [5, 5.41) is 18.6. The van der Waals surface area contributed by atoms with Crippen LogP contribution in [0.25, 0.3) is 11.1 Å². The Morgan fingerprint density at radius 2 is 1.59 bits per heavy atom. The fraction of sp³-hybridized carbons (Fsp3) is 0.257. The van der Waals surface area contributed by atoms with Crippen molar-refractivity contribution >= 4 is 21.8 Å². The van der Waals surface area contributed by atoms with Gasteiger partial charge in [0, 0.05) is 30.8 Å². The van der Waals surface area contributed by atoms with Crippen molar-refractivity contribution in [1.29, 1.82) is 0 Å². The molecule has 2 N–H and O–H groups in total. The number of nitrogens with zero attached hydrogens (tertiary/aromatic N) is 3. The first-order valence-electron chi connectivity index (χ1n) is 15.0. The minimum atomic E-state index is -3.65. The molecule has 4 atom stereocenters. The van der Waals surface area contributed by atoms with Gasteiger partial charge in [0.25, 0.3) is 0 Å². The van der Waals surface area contributed by atoms with Gasteiger partial charge >= 0.3 is 0 Å². The molecule has 1 saturated heterocycles. The summed E-state index contributed by atoms with van der Waals surface area (Å²) in [6.07, 6.45) is 0.713. The Balaban J connectivity index is 1.22. The Kier molecular flexibility index (Phi) is 9.98. The van der Waals surface area contributed by atoms with E-state index in [4.69, 9.17) is 9.47 Å². The zero-order valence-corrected chi connectivity index (χ0v) is 27.2. The van der Waals surface area contributed by atoms with Gasteiger partial charge in [-0.1, -0.05) is 110 Å². The van der Waals surface area contributed by atoms with Crippen LogP contribution in [0.5, 0.6) is 0 Å². The van der Waals surface area contributed by atoms with Gasteiger partial charge in [-0.25, -0.2) is 13.1 Å². The minimum Gasteiger partial charge on any atom is -0.392 e. The third-order valence-electron chi connectivity index (χ3n) is 8.19. The van der Waals surface area contributed by atoms with Crippen LogP contribution < -0.4 is 4.72 Å². The smallest absolute Gasteiger partial charge is 0.240 e. The van der Waals surface area contributed by atoms with Crippen molar-refractivity contribution in [2.45, 2.75) is 48.6 Å². The number of ether oxygens (including phenoxy) is 2. The van der Waals surface area contributed by atoms with E-state index < -0.39 is 16.3 Å². The summed E-state index contributed by atoms with van der Waals surface area (Å²) in [6, 6.07) is 32.0. The maximum atomic E-state index is 12.9. The summed E-state index contributed by atoms with van der Waals surface area (Å²) in [4.78, 5) is 0.231. The molecule has 0 spiro atoms. The number of benzene rings is 4. The van der Waals surface area contributed by atoms with Crippen molar-refractivity contribution in [3.63, 3.8) is 0 Å². The van der Waals surface area contributed by atoms with Crippen LogP contribution >= 0.6 is 11.8 Å². The van der Waals surface area contributed by atoms with Crippen molar-refractivity contribution in [2.75, 3.05) is 5.75 Å². The third-order valence-corrected chi connectivity index (χ3v) is 10.7. The van der Waals surface area contributed by atoms with Crippen molar-refractivity contribution in [3.8, 4) is 11.1 Å². The average molecular weight is 657 g/mol. The summed E-state index contributed by atoms with van der Waals surface area (Å²) >= 11 is 1.60. The lowest BCUT2D eigenvalue weighted by atomic mass is 9.91. The monoisotopic (exact) mass is 656 g/mol. The molecule has 1 aliphatic heterocycles. The molecule has 0 radical (unpaired) electrons. The van der Waals surface area contributed by atoms with E-state index in [9.17, 15) is 13.5 Å². The number of rotatable bonds is 11. The van der Waals surface area contributed by atoms with E-state index in [0.29, 0.717) is 5.75 Å². The summed E-state index contributed by atoms with van der Waals surface area (Å²) < 4.78 is 43.5. The van der Waals surface area contributed by atoms with Gasteiger partial charge in [0.05, 0.1) is 23.7 Å². The number of aliphatic hydroxyl groups excluding tert-OH is 1. The molecule has 0 aliphatic carbocycles. The zero-order valence-electron chi connectivity index (χ0n) is 25.6. The summed E-state index contributed by atoms with van der Waals surface area (Å²) in [5.74, 6) is 0.714. The van der Waals surface area contributed by atoms with Gasteiger partial charge in [-0.05, 0) is 39.9 Å². The van der Waals surface area contributed by atoms with Gasteiger partial charge in [-0.15, -0.1) is 10.2 Å². The Labute approximate surface area is 273 Å². The normalized spacial score (nSPS) is 20.1. The largest absolute Gasteiger partial charge is 0.392 e. The van der Waals surface area contributed by atoms with E-state index in [0.717, 1.165) is 38.5 Å². The third kappa shape index (κ3) is 7.25. The molecular weight excluding hydrogens is 621 g/mol. The molecule has 1 aromatic heterocycles. The molecule has 0 bridgehead atoms. The molecule has 0 saturated carbocycles. The second-order valence-corrected chi connectivity index (χ2v) is 14.0. The summed E-state index contributed by atoms with van der Waals surface area (Å²) in [7, 11) is -1.73. The lowest BCUT2D eigenvalue weighted by Gasteiger charge is -2.41. The van der Waals surface area contributed by atoms with Gasteiger partial charge in [-0.2, -0.15) is 0 Å². The quantitative estimate of drug-likeness (QED) is 0.166. The first-order chi connectivity index (χ1) is 22.3. The van der Waals surface area contributed by atoms with Crippen LogP contribution in [0.3, 0.4) is 0 Å². The predicted molar refractivity (Wildman–Crippen MR) is 177 cm³/mol. The number of thioether (sulfide) groups is 1. The van der Waals surface area contributed by atoms with E-state index >= 15 is 0 Å². The van der Waals surface area contributed by atoms with Crippen LogP contribution in [0.2, 0.25) is 0 Å². The van der Waals surface area contributed by atoms with Crippen molar-refractivity contribution < 1.29 is 23.0 Å². The zero-order chi connectivity index (χ0) is 32.1. The Hall–Kier alpha value is -3.84. The highest BCUT2D eigenvalue weighted by Crippen LogP contribution is 2.43. The number of aromatic nitrogens is 3. The number of aliphatic hydroxyl groups is 1. The highest BCUT2D eigenvalue weighted by Gasteiger charge is 2.38. The fourth-order valence-corrected chi connectivity index (χ4v) is 7.58. The Morgan fingerprint density at radius 1 is 0.891 bits per heavy atom. The molecule has 6 rings (SSSR count). The van der Waals surface area contributed by atoms with Crippen LogP contribution in [0, 0.1) is 5.92 Å². The number of hydrogen-bond acceptors (Lipinski definition) is 8. The van der Waals surface area contributed by atoms with Gasteiger partial charge in [0.2, 0.25) is 10.0 Å². The van der Waals surface area contributed by atoms with Crippen LogP contribution in [0.1, 0.15) is 41.6 Å². The molecule has 4 aromatic carbocycles. The molecular formula is C35H36N4O5S2. The van der Waals surface area contributed by atoms with Crippen LogP contribution in [0.15, 0.2) is 120 Å². The Bertz CT molecular complexity index is 1850. The van der Waals surface area contributed by atoms with E-state index in [-0.39, 0.29) is 36.2 Å². The standard InChI is InChI=1S/C35H36N4O5S2/c1-24-32(22-45-35-38-36-23-39(35)2)43-34(44-33(24)27-14-12-25(21-40)13-15-27)28-18-16-26(17-19-28)31-11-7-6-8-29(31)20-37-46(41,42)30-9-4-3-5-10-30/h3-19,23-24,32-34,37,40H,20-22H2,1-2H3. The summed E-state index contributed by atoms with van der Waals surface area (Å²) in [5.41, 5.74) is 5.49. The molecule has 1 aliphatic rings. The van der Waals surface area contributed by atoms with E-state index in [1.165, 1.54) is 0 Å². The highest BCUT2D eigenvalue weighted by molar-refractivity contribution is 7.99. The molecule has 1 fully saturated rings. The molecule has 0 amide bonds. The van der Waals surface area contributed by atoms with Crippen molar-refractivity contribution in [3.05, 3.63) is 132 Å². The highest BCUT2D eigenvalue weighted by atomic mass is 32.2. The number of hydrogen-bond donors (Lipinski definition) is 2. The average Bonchev–Trinajstić information content (AvgIpc) is 3.52. The van der Waals surface area contributed by atoms with Crippen molar-refractivity contribution in [2.24, 2.45) is 13.0 Å². The number of aryl methyl sites for hydroxylation is 1. The summed E-state index contributed by atoms with van der Waals surface area (Å²) in [6.45, 7) is 2.27. The predicted octanol–water partition coefficient (Wildman–Crippen LogP) is 6.04. The topological polar surface area (TPSA) is 116 Å². The maximum absolute atomic E-state index is 12.9. The van der Waals surface area contributed by atoms with E-state index in [2.05, 4.69) is 21.8 Å². The lowest BCUT2D eigenvalue weighted by molar-refractivity contribution is -0.268. The molecule has 5 aromatic rings. The van der Waals surface area contributed by atoms with E-state index in [1.54, 1.807) is 48.4 Å². The van der Waals surface area contributed by atoms with Gasteiger partial charge < -0.3 is 19.1 Å². The lowest BCUT2D eigenvalue weighted by Crippen LogP contribution is -2.38. The second-order valence-electron chi connectivity index (χ2n) is 11.3. The van der Waals surface area contributed by atoms with Crippen LogP contribution in [-0.2, 0) is 39.7 Å². The number of sulfonamides is 1. The van der Waals surface area contributed by atoms with Crippen LogP contribution in [-0.4, -0.2) is 40.1 Å². The number of nitrogens with one attached hydrogen (secondary N) is 1. The molecule has 238 valence electrons. The van der Waals surface area contributed by atoms with E-state index in [1.807, 2.05) is 84.4 Å². The van der Waals surface area contributed by atoms with Gasteiger partial charge in [0.1, 0.15) is 6.33 Å². The van der Waals surface area contributed by atoms with Crippen molar-refractivity contribution in [1.82, 2.24) is 19.5 Å². The minimum absolute atomic E-state index is 0.0154. The first-order valence-corrected chi connectivity index (χ1v) is 17.5. The van der Waals surface area contributed by atoms with Gasteiger partial charge in [0.15, 0.2) is 11.4 Å². The molecule has 2 heterocycles. The molecule has 46 heavy (non-hydrogen) atoms. The second kappa shape index (κ2) is 14.3. The molecule has 9 nitrogen and oxygen atoms in total. The maximum Gasteiger partial charge on any atom is 0.240 e.